The largest absolute Gasteiger partial charge is 0.347 e. The lowest BCUT2D eigenvalue weighted by molar-refractivity contribution is -0.129. The van der Waals surface area contributed by atoms with Crippen molar-refractivity contribution >= 4 is 5.91 Å². The zero-order chi connectivity index (χ0) is 16.6. The van der Waals surface area contributed by atoms with Crippen LogP contribution in [0.2, 0.25) is 0 Å². The molecule has 23 heavy (non-hydrogen) atoms. The first-order valence-corrected chi connectivity index (χ1v) is 8.18. The zero-order valence-corrected chi connectivity index (χ0v) is 14.2. The average Bonchev–Trinajstić information content (AvgIpc) is 3.04. The Labute approximate surface area is 136 Å². The SMILES string of the molecule is CN(C)C(=O)Cn1nc2n(c1=O)CCN(CC1(C)CCNC1)C2. The predicted octanol–water partition coefficient (Wildman–Crippen LogP) is -1.05. The van der Waals surface area contributed by atoms with E-state index in [0.29, 0.717) is 18.5 Å². The van der Waals surface area contributed by atoms with Crippen molar-refractivity contribution in [1.29, 1.82) is 0 Å². The van der Waals surface area contributed by atoms with E-state index in [0.717, 1.165) is 32.0 Å². The Bertz CT molecular complexity index is 641. The van der Waals surface area contributed by atoms with E-state index in [2.05, 4.69) is 22.2 Å². The third-order valence-electron chi connectivity index (χ3n) is 4.85. The van der Waals surface area contributed by atoms with Gasteiger partial charge in [0.05, 0.1) is 6.54 Å². The lowest BCUT2D eigenvalue weighted by Crippen LogP contribution is -2.43. The van der Waals surface area contributed by atoms with Crippen LogP contribution in [0, 0.1) is 5.41 Å². The van der Waals surface area contributed by atoms with Crippen LogP contribution in [-0.4, -0.2) is 70.3 Å². The van der Waals surface area contributed by atoms with Crippen molar-refractivity contribution in [2.24, 2.45) is 5.41 Å². The third-order valence-corrected chi connectivity index (χ3v) is 4.85. The normalized spacial score (nSPS) is 24.7. The van der Waals surface area contributed by atoms with Crippen LogP contribution in [0.15, 0.2) is 4.79 Å². The van der Waals surface area contributed by atoms with E-state index < -0.39 is 0 Å². The molecule has 2 aliphatic rings. The highest BCUT2D eigenvalue weighted by Gasteiger charge is 2.32. The van der Waals surface area contributed by atoms with Crippen LogP contribution in [0.3, 0.4) is 0 Å². The highest BCUT2D eigenvalue weighted by Crippen LogP contribution is 2.26. The van der Waals surface area contributed by atoms with Gasteiger partial charge in [-0.05, 0) is 18.4 Å². The van der Waals surface area contributed by atoms with E-state index in [9.17, 15) is 9.59 Å². The van der Waals surface area contributed by atoms with Crippen molar-refractivity contribution in [2.45, 2.75) is 33.0 Å². The number of nitrogens with zero attached hydrogens (tertiary/aromatic N) is 5. The summed E-state index contributed by atoms with van der Waals surface area (Å²) in [4.78, 5) is 28.0. The highest BCUT2D eigenvalue weighted by molar-refractivity contribution is 5.75. The number of carbonyl (C=O) groups is 1. The van der Waals surface area contributed by atoms with Gasteiger partial charge in [0.1, 0.15) is 12.4 Å². The summed E-state index contributed by atoms with van der Waals surface area (Å²) in [5.74, 6) is 0.645. The number of hydrogen-bond donors (Lipinski definition) is 1. The third kappa shape index (κ3) is 3.32. The van der Waals surface area contributed by atoms with Crippen molar-refractivity contribution < 1.29 is 4.79 Å². The van der Waals surface area contributed by atoms with Crippen LogP contribution >= 0.6 is 0 Å². The number of fused-ring (bicyclic) bond motifs is 1. The first-order valence-electron chi connectivity index (χ1n) is 8.18. The lowest BCUT2D eigenvalue weighted by atomic mass is 9.89. The summed E-state index contributed by atoms with van der Waals surface area (Å²) in [6.45, 7) is 7.63. The Morgan fingerprint density at radius 1 is 1.39 bits per heavy atom. The van der Waals surface area contributed by atoms with Gasteiger partial charge < -0.3 is 10.2 Å². The standard InChI is InChI=1S/C15H26N6O2/c1-15(4-5-16-10-15)11-19-6-7-20-12(8-19)17-21(14(20)23)9-13(22)18(2)3/h16H,4-11H2,1-3H3. The summed E-state index contributed by atoms with van der Waals surface area (Å²) >= 11 is 0. The Morgan fingerprint density at radius 3 is 2.83 bits per heavy atom. The number of likely N-dealkylation sites (N-methyl/N-ethyl adjacent to an activating group) is 1. The predicted molar refractivity (Wildman–Crippen MR) is 86.1 cm³/mol. The first kappa shape index (κ1) is 16.2. The topological polar surface area (TPSA) is 75.4 Å². The molecule has 0 radical (unpaired) electrons. The van der Waals surface area contributed by atoms with Crippen LogP contribution in [0.1, 0.15) is 19.2 Å². The fraction of sp³-hybridized carbons (Fsp3) is 0.800. The number of carbonyl (C=O) groups excluding carboxylic acids is 1. The Hall–Kier alpha value is -1.67. The number of rotatable bonds is 4. The van der Waals surface area contributed by atoms with Crippen LogP contribution in [0.25, 0.3) is 0 Å². The molecule has 0 spiro atoms. The number of nitrogens with one attached hydrogen (secondary N) is 1. The fourth-order valence-corrected chi connectivity index (χ4v) is 3.40. The molecule has 0 aliphatic carbocycles. The molecular weight excluding hydrogens is 296 g/mol. The molecule has 0 bridgehead atoms. The summed E-state index contributed by atoms with van der Waals surface area (Å²) in [5, 5.41) is 7.81. The summed E-state index contributed by atoms with van der Waals surface area (Å²) in [7, 11) is 3.36. The van der Waals surface area contributed by atoms with Crippen LogP contribution in [-0.2, 0) is 24.4 Å². The van der Waals surface area contributed by atoms with Gasteiger partial charge in [-0.2, -0.15) is 5.10 Å². The number of amides is 1. The van der Waals surface area contributed by atoms with Gasteiger partial charge in [0.2, 0.25) is 5.91 Å². The summed E-state index contributed by atoms with van der Waals surface area (Å²) in [6, 6.07) is 0. The van der Waals surface area contributed by atoms with Crippen molar-refractivity contribution in [2.75, 3.05) is 40.3 Å². The van der Waals surface area contributed by atoms with E-state index in [1.54, 1.807) is 18.7 Å². The van der Waals surface area contributed by atoms with Gasteiger partial charge in [0.25, 0.3) is 0 Å². The smallest absolute Gasteiger partial charge is 0.346 e. The maximum Gasteiger partial charge on any atom is 0.346 e. The lowest BCUT2D eigenvalue weighted by Gasteiger charge is -2.33. The number of aromatic nitrogens is 3. The van der Waals surface area contributed by atoms with E-state index in [-0.39, 0.29) is 18.1 Å². The quantitative estimate of drug-likeness (QED) is 0.765. The van der Waals surface area contributed by atoms with Gasteiger partial charge in [0.15, 0.2) is 0 Å². The molecule has 1 unspecified atom stereocenters. The molecule has 0 aromatic carbocycles. The number of hydrogen-bond acceptors (Lipinski definition) is 5. The zero-order valence-electron chi connectivity index (χ0n) is 14.2. The average molecular weight is 322 g/mol. The van der Waals surface area contributed by atoms with Gasteiger partial charge in [-0.3, -0.25) is 14.3 Å². The molecule has 1 aromatic rings. The molecular formula is C15H26N6O2. The molecule has 1 N–H and O–H groups in total. The van der Waals surface area contributed by atoms with E-state index in [4.69, 9.17) is 0 Å². The Kier molecular flexibility index (Phi) is 4.29. The summed E-state index contributed by atoms with van der Waals surface area (Å²) in [6.07, 6.45) is 1.18. The van der Waals surface area contributed by atoms with E-state index >= 15 is 0 Å². The molecule has 8 heteroatoms. The molecule has 8 nitrogen and oxygen atoms in total. The van der Waals surface area contributed by atoms with Crippen LogP contribution < -0.4 is 11.0 Å². The fourth-order valence-electron chi connectivity index (χ4n) is 3.40. The van der Waals surface area contributed by atoms with Gasteiger partial charge in [-0.1, -0.05) is 6.92 Å². The second-order valence-electron chi connectivity index (χ2n) is 7.24. The minimum absolute atomic E-state index is 0.00741. The molecule has 3 rings (SSSR count). The minimum Gasteiger partial charge on any atom is -0.347 e. The van der Waals surface area contributed by atoms with Crippen LogP contribution in [0.4, 0.5) is 0 Å². The molecule has 1 aromatic heterocycles. The molecule has 128 valence electrons. The molecule has 1 saturated heterocycles. The van der Waals surface area contributed by atoms with Gasteiger partial charge >= 0.3 is 5.69 Å². The molecule has 0 saturated carbocycles. The maximum atomic E-state index is 12.4. The molecule has 1 amide bonds. The first-order chi connectivity index (χ1) is 10.9. The van der Waals surface area contributed by atoms with Crippen LogP contribution in [0.5, 0.6) is 0 Å². The molecule has 1 fully saturated rings. The van der Waals surface area contributed by atoms with E-state index in [1.165, 1.54) is 16.0 Å². The highest BCUT2D eigenvalue weighted by atomic mass is 16.2. The van der Waals surface area contributed by atoms with Crippen molar-refractivity contribution in [3.8, 4) is 0 Å². The maximum absolute atomic E-state index is 12.4. The van der Waals surface area contributed by atoms with Gasteiger partial charge in [-0.25, -0.2) is 9.48 Å². The van der Waals surface area contributed by atoms with Crippen molar-refractivity contribution in [1.82, 2.24) is 29.5 Å². The summed E-state index contributed by atoms with van der Waals surface area (Å²) in [5.41, 5.74) is 0.120. The summed E-state index contributed by atoms with van der Waals surface area (Å²) < 4.78 is 2.99. The van der Waals surface area contributed by atoms with E-state index in [1.807, 2.05) is 0 Å². The van der Waals surface area contributed by atoms with Crippen molar-refractivity contribution in [3.63, 3.8) is 0 Å². The second kappa shape index (κ2) is 6.09. The second-order valence-corrected chi connectivity index (χ2v) is 7.24. The minimum atomic E-state index is -0.177. The Morgan fingerprint density at radius 2 is 2.17 bits per heavy atom. The molecule has 3 heterocycles. The molecule has 2 aliphatic heterocycles. The molecule has 1 atom stereocenters. The van der Waals surface area contributed by atoms with Crippen molar-refractivity contribution in [3.05, 3.63) is 16.3 Å². The van der Waals surface area contributed by atoms with Gasteiger partial charge in [0, 0.05) is 40.3 Å². The monoisotopic (exact) mass is 322 g/mol. The Balaban J connectivity index is 1.71. The van der Waals surface area contributed by atoms with Gasteiger partial charge in [-0.15, -0.1) is 0 Å².